The van der Waals surface area contributed by atoms with Crippen LogP contribution in [0.15, 0.2) is 54.9 Å². The summed E-state index contributed by atoms with van der Waals surface area (Å²) in [6.45, 7) is 0. The topological polar surface area (TPSA) is 83.4 Å². The fourth-order valence-electron chi connectivity index (χ4n) is 1.33. The maximum absolute atomic E-state index is 10.2. The van der Waals surface area contributed by atoms with Gasteiger partial charge in [-0.2, -0.15) is 0 Å². The lowest BCUT2D eigenvalue weighted by atomic mass is 10.2. The standard InChI is InChI=1S/C7H8O3S.C6H8N2/c8-11(9,10)6-7-4-2-1-3-5-7;1-7-6-2-4-8-5-3-6/h1-5H,6H2,(H,8,9,10);2-5H,1H3,(H,7,8). The van der Waals surface area contributed by atoms with Gasteiger partial charge in [0.25, 0.3) is 0 Å². The maximum Gasteiger partial charge on any atom is 0.169 e. The predicted octanol–water partition coefficient (Wildman–Crippen LogP) is 1.27. The lowest BCUT2D eigenvalue weighted by molar-refractivity contribution is -0.377. The van der Waals surface area contributed by atoms with E-state index in [-0.39, 0.29) is 0 Å². The highest BCUT2D eigenvalue weighted by Crippen LogP contribution is 2.02. The SMILES string of the molecule is CNc1cc[nH+]cc1.O=S(=O)([O-])Cc1ccccc1. The molecule has 0 bridgehead atoms. The number of pyridine rings is 1. The van der Waals surface area contributed by atoms with Crippen molar-refractivity contribution in [3.05, 3.63) is 60.4 Å². The van der Waals surface area contributed by atoms with Crippen LogP contribution in [0.3, 0.4) is 0 Å². The van der Waals surface area contributed by atoms with Crippen molar-refractivity contribution in [1.82, 2.24) is 0 Å². The molecule has 102 valence electrons. The van der Waals surface area contributed by atoms with Gasteiger partial charge in [-0.25, -0.2) is 13.4 Å². The Bertz CT molecular complexity index is 571. The second-order valence-electron chi connectivity index (χ2n) is 3.73. The smallest absolute Gasteiger partial charge is 0.169 e. The molecular formula is C13H16N2O3S. The predicted molar refractivity (Wildman–Crippen MR) is 72.4 cm³/mol. The second-order valence-corrected chi connectivity index (χ2v) is 5.13. The number of rotatable bonds is 3. The van der Waals surface area contributed by atoms with Crippen molar-refractivity contribution in [1.29, 1.82) is 0 Å². The van der Waals surface area contributed by atoms with Crippen molar-refractivity contribution in [3.63, 3.8) is 0 Å². The van der Waals surface area contributed by atoms with E-state index in [2.05, 4.69) is 10.3 Å². The van der Waals surface area contributed by atoms with Crippen LogP contribution in [0.25, 0.3) is 0 Å². The molecule has 0 aliphatic carbocycles. The van der Waals surface area contributed by atoms with Crippen molar-refractivity contribution in [3.8, 4) is 0 Å². The van der Waals surface area contributed by atoms with Crippen molar-refractivity contribution < 1.29 is 18.0 Å². The highest BCUT2D eigenvalue weighted by atomic mass is 32.2. The van der Waals surface area contributed by atoms with Gasteiger partial charge in [-0.3, -0.25) is 0 Å². The molecule has 2 aromatic rings. The average Bonchev–Trinajstić information content (AvgIpc) is 2.40. The summed E-state index contributed by atoms with van der Waals surface area (Å²) in [4.78, 5) is 2.93. The lowest BCUT2D eigenvalue weighted by Crippen LogP contribution is -2.01. The Hall–Kier alpha value is -1.92. The van der Waals surface area contributed by atoms with Gasteiger partial charge in [0, 0.05) is 24.9 Å². The molecule has 0 amide bonds. The fourth-order valence-corrected chi connectivity index (χ4v) is 1.93. The zero-order chi connectivity index (χ0) is 14.1. The van der Waals surface area contributed by atoms with E-state index >= 15 is 0 Å². The number of hydrogen-bond acceptors (Lipinski definition) is 4. The van der Waals surface area contributed by atoms with Crippen molar-refractivity contribution in [2.75, 3.05) is 12.4 Å². The molecule has 6 heteroatoms. The molecule has 2 rings (SSSR count). The molecule has 0 unspecified atom stereocenters. The third kappa shape index (κ3) is 7.17. The normalized spacial score (nSPS) is 10.2. The summed E-state index contributed by atoms with van der Waals surface area (Å²) >= 11 is 0. The van der Waals surface area contributed by atoms with Gasteiger partial charge in [0.15, 0.2) is 12.4 Å². The fraction of sp³-hybridized carbons (Fsp3) is 0.154. The zero-order valence-corrected chi connectivity index (χ0v) is 11.4. The molecule has 0 radical (unpaired) electrons. The van der Waals surface area contributed by atoms with E-state index in [9.17, 15) is 13.0 Å². The lowest BCUT2D eigenvalue weighted by Gasteiger charge is -2.05. The maximum atomic E-state index is 10.2. The van der Waals surface area contributed by atoms with Crippen LogP contribution in [0.2, 0.25) is 0 Å². The molecule has 0 aliphatic heterocycles. The summed E-state index contributed by atoms with van der Waals surface area (Å²) in [5.41, 5.74) is 1.66. The van der Waals surface area contributed by atoms with Gasteiger partial charge in [0.1, 0.15) is 0 Å². The van der Waals surface area contributed by atoms with E-state index in [0.29, 0.717) is 5.56 Å². The molecule has 1 heterocycles. The van der Waals surface area contributed by atoms with Crippen LogP contribution in [0.5, 0.6) is 0 Å². The molecule has 0 spiro atoms. The molecule has 0 fully saturated rings. The number of benzene rings is 1. The molecule has 19 heavy (non-hydrogen) atoms. The first-order valence-corrected chi connectivity index (χ1v) is 7.20. The van der Waals surface area contributed by atoms with Gasteiger partial charge in [-0.05, 0) is 5.56 Å². The molecule has 0 saturated carbocycles. The summed E-state index contributed by atoms with van der Waals surface area (Å²) in [6, 6.07) is 12.3. The first-order valence-electron chi connectivity index (χ1n) is 5.62. The van der Waals surface area contributed by atoms with Gasteiger partial charge in [-0.15, -0.1) is 0 Å². The second kappa shape index (κ2) is 7.50. The van der Waals surface area contributed by atoms with Crippen LogP contribution in [-0.2, 0) is 15.9 Å². The number of nitrogens with one attached hydrogen (secondary N) is 2. The van der Waals surface area contributed by atoms with Gasteiger partial charge < -0.3 is 9.87 Å². The van der Waals surface area contributed by atoms with E-state index in [4.69, 9.17) is 0 Å². The average molecular weight is 280 g/mol. The summed E-state index contributed by atoms with van der Waals surface area (Å²) in [6.07, 6.45) is 3.76. The zero-order valence-electron chi connectivity index (χ0n) is 10.5. The molecule has 0 atom stereocenters. The highest BCUT2D eigenvalue weighted by molar-refractivity contribution is 7.84. The minimum absolute atomic E-state index is 0.423. The quantitative estimate of drug-likeness (QED) is 0.858. The number of aromatic nitrogens is 1. The Kier molecular flexibility index (Phi) is 5.98. The van der Waals surface area contributed by atoms with Crippen molar-refractivity contribution >= 4 is 15.8 Å². The van der Waals surface area contributed by atoms with Gasteiger partial charge >= 0.3 is 0 Å². The third-order valence-corrected chi connectivity index (χ3v) is 2.88. The Morgan fingerprint density at radius 1 is 1.11 bits per heavy atom. The summed E-state index contributed by atoms with van der Waals surface area (Å²) < 4.78 is 30.7. The third-order valence-electron chi connectivity index (χ3n) is 2.19. The van der Waals surface area contributed by atoms with Crippen LogP contribution < -0.4 is 10.3 Å². The van der Waals surface area contributed by atoms with Crippen LogP contribution in [0, 0.1) is 0 Å². The number of anilines is 1. The minimum atomic E-state index is -4.13. The number of hydrogen-bond donors (Lipinski definition) is 1. The highest BCUT2D eigenvalue weighted by Gasteiger charge is 1.95. The first kappa shape index (κ1) is 15.1. The number of aromatic amines is 1. The van der Waals surface area contributed by atoms with Crippen LogP contribution in [-0.4, -0.2) is 20.0 Å². The first-order chi connectivity index (χ1) is 9.01. The summed E-state index contributed by atoms with van der Waals surface area (Å²) in [5, 5.41) is 3.01. The summed E-state index contributed by atoms with van der Waals surface area (Å²) in [5.74, 6) is -0.423. The van der Waals surface area contributed by atoms with Gasteiger partial charge in [0.05, 0.1) is 15.9 Å². The number of H-pyrrole nitrogens is 1. The van der Waals surface area contributed by atoms with Crippen molar-refractivity contribution in [2.45, 2.75) is 5.75 Å². The molecule has 5 nitrogen and oxygen atoms in total. The van der Waals surface area contributed by atoms with E-state index < -0.39 is 15.9 Å². The molecular weight excluding hydrogens is 264 g/mol. The van der Waals surface area contributed by atoms with E-state index in [1.165, 1.54) is 0 Å². The Morgan fingerprint density at radius 3 is 2.11 bits per heavy atom. The van der Waals surface area contributed by atoms with Gasteiger partial charge in [-0.1, -0.05) is 30.3 Å². The molecule has 0 aliphatic rings. The Morgan fingerprint density at radius 2 is 1.68 bits per heavy atom. The molecule has 0 saturated heterocycles. The van der Waals surface area contributed by atoms with Crippen LogP contribution >= 0.6 is 0 Å². The molecule has 1 aromatic heterocycles. The van der Waals surface area contributed by atoms with Gasteiger partial charge in [0.2, 0.25) is 0 Å². The minimum Gasteiger partial charge on any atom is -0.748 e. The molecule has 2 N–H and O–H groups in total. The van der Waals surface area contributed by atoms with E-state index in [1.807, 2.05) is 31.6 Å². The monoisotopic (exact) mass is 280 g/mol. The Balaban J connectivity index is 0.000000200. The van der Waals surface area contributed by atoms with Crippen molar-refractivity contribution in [2.24, 2.45) is 0 Å². The van der Waals surface area contributed by atoms with Crippen LogP contribution in [0.1, 0.15) is 5.56 Å². The Labute approximate surface area is 113 Å². The molecule has 1 aromatic carbocycles. The summed E-state index contributed by atoms with van der Waals surface area (Å²) in [7, 11) is -2.23. The largest absolute Gasteiger partial charge is 0.748 e. The van der Waals surface area contributed by atoms with E-state index in [1.54, 1.807) is 30.3 Å². The van der Waals surface area contributed by atoms with E-state index in [0.717, 1.165) is 5.69 Å². The van der Waals surface area contributed by atoms with Crippen LogP contribution in [0.4, 0.5) is 5.69 Å².